The predicted molar refractivity (Wildman–Crippen MR) is 150 cm³/mol. The lowest BCUT2D eigenvalue weighted by Crippen LogP contribution is -2.50. The highest BCUT2D eigenvalue weighted by atomic mass is 35.5. The maximum atomic E-state index is 13.6. The van der Waals surface area contributed by atoms with E-state index in [0.29, 0.717) is 56.7 Å². The Kier molecular flexibility index (Phi) is 8.92. The standard InChI is InChI=1S/C30H36ClF2N3O5/c1-29(2,3)41-22(37)10-7-17-11-13-30(4,14-12-17)35-28(40)26(38)25-24(31)23(21-6-5-15-36(21)25)27(39)34-18-8-9-19(32)20(33)16-18/h8-9,16-17H,5-7,10-15H2,1-4H3,(H,34,39)(H,35,40). The number of carbonyl (C=O) groups is 4. The van der Waals surface area contributed by atoms with Crippen molar-refractivity contribution in [2.75, 3.05) is 5.32 Å². The Hall–Kier alpha value is -3.27. The fourth-order valence-corrected chi connectivity index (χ4v) is 6.03. The molecule has 2 aliphatic rings. The van der Waals surface area contributed by atoms with Gasteiger partial charge in [-0.1, -0.05) is 11.6 Å². The smallest absolute Gasteiger partial charge is 0.306 e. The highest BCUT2D eigenvalue weighted by Crippen LogP contribution is 2.36. The maximum Gasteiger partial charge on any atom is 0.306 e. The molecule has 2 amide bonds. The maximum absolute atomic E-state index is 13.6. The van der Waals surface area contributed by atoms with E-state index in [-0.39, 0.29) is 27.9 Å². The van der Waals surface area contributed by atoms with Gasteiger partial charge in [0.15, 0.2) is 11.6 Å². The Morgan fingerprint density at radius 2 is 1.80 bits per heavy atom. The van der Waals surface area contributed by atoms with Gasteiger partial charge in [0.05, 0.1) is 10.6 Å². The van der Waals surface area contributed by atoms with Crippen LogP contribution in [0.15, 0.2) is 18.2 Å². The fraction of sp³-hybridized carbons (Fsp3) is 0.533. The van der Waals surface area contributed by atoms with Crippen molar-refractivity contribution in [3.63, 3.8) is 0 Å². The highest BCUT2D eigenvalue weighted by Gasteiger charge is 2.38. The van der Waals surface area contributed by atoms with Gasteiger partial charge in [-0.05, 0) is 90.7 Å². The molecule has 0 radical (unpaired) electrons. The van der Waals surface area contributed by atoms with Crippen LogP contribution in [0.1, 0.15) is 99.2 Å². The number of halogens is 3. The lowest BCUT2D eigenvalue weighted by atomic mass is 9.76. The van der Waals surface area contributed by atoms with Crippen LogP contribution in [0.25, 0.3) is 0 Å². The zero-order valence-corrected chi connectivity index (χ0v) is 24.6. The molecule has 0 unspecified atom stereocenters. The van der Waals surface area contributed by atoms with E-state index in [1.165, 1.54) is 6.07 Å². The average Bonchev–Trinajstić information content (AvgIpc) is 3.43. The van der Waals surface area contributed by atoms with Crippen molar-refractivity contribution >= 4 is 40.9 Å². The van der Waals surface area contributed by atoms with Gasteiger partial charge >= 0.3 is 5.97 Å². The van der Waals surface area contributed by atoms with E-state index in [0.717, 1.165) is 25.0 Å². The summed E-state index contributed by atoms with van der Waals surface area (Å²) >= 11 is 6.55. The van der Waals surface area contributed by atoms with E-state index < -0.39 is 40.4 Å². The molecule has 2 N–H and O–H groups in total. The van der Waals surface area contributed by atoms with Crippen LogP contribution in [0.3, 0.4) is 0 Å². The minimum atomic E-state index is -1.12. The third-order valence-corrected chi connectivity index (χ3v) is 8.10. The quantitative estimate of drug-likeness (QED) is 0.223. The number of hydrogen-bond donors (Lipinski definition) is 2. The number of ether oxygens (including phenoxy) is 1. The van der Waals surface area contributed by atoms with Crippen molar-refractivity contribution < 1.29 is 32.7 Å². The third kappa shape index (κ3) is 7.15. The minimum Gasteiger partial charge on any atom is -0.460 e. The first-order chi connectivity index (χ1) is 19.2. The van der Waals surface area contributed by atoms with Gasteiger partial charge in [0.25, 0.3) is 17.6 Å². The Labute approximate surface area is 243 Å². The lowest BCUT2D eigenvalue weighted by Gasteiger charge is -2.38. The number of rotatable bonds is 8. The lowest BCUT2D eigenvalue weighted by molar-refractivity contribution is -0.155. The molecule has 1 aromatic carbocycles. The Morgan fingerprint density at radius 1 is 1.12 bits per heavy atom. The highest BCUT2D eigenvalue weighted by molar-refractivity contribution is 6.48. The van der Waals surface area contributed by atoms with Crippen molar-refractivity contribution in [2.24, 2.45) is 5.92 Å². The summed E-state index contributed by atoms with van der Waals surface area (Å²) < 4.78 is 33.9. The van der Waals surface area contributed by atoms with Gasteiger partial charge < -0.3 is 19.9 Å². The summed E-state index contributed by atoms with van der Waals surface area (Å²) in [6, 6.07) is 2.96. The number of nitrogens with one attached hydrogen (secondary N) is 2. The van der Waals surface area contributed by atoms with E-state index in [4.69, 9.17) is 16.3 Å². The fourth-order valence-electron chi connectivity index (χ4n) is 5.65. The molecule has 0 saturated heterocycles. The molecule has 1 saturated carbocycles. The van der Waals surface area contributed by atoms with Gasteiger partial charge in [0.2, 0.25) is 0 Å². The second-order valence-corrected chi connectivity index (χ2v) is 12.6. The molecular weight excluding hydrogens is 556 g/mol. The number of anilines is 1. The van der Waals surface area contributed by atoms with Crippen molar-refractivity contribution in [2.45, 2.75) is 96.7 Å². The van der Waals surface area contributed by atoms with Gasteiger partial charge in [-0.3, -0.25) is 19.2 Å². The second-order valence-electron chi connectivity index (χ2n) is 12.2. The molecule has 4 rings (SSSR count). The van der Waals surface area contributed by atoms with Crippen LogP contribution in [0.2, 0.25) is 5.02 Å². The topological polar surface area (TPSA) is 106 Å². The molecular formula is C30H36ClF2N3O5. The molecule has 1 fully saturated rings. The first kappa shape index (κ1) is 30.7. The van der Waals surface area contributed by atoms with E-state index in [2.05, 4.69) is 10.6 Å². The van der Waals surface area contributed by atoms with Gasteiger partial charge in [0.1, 0.15) is 11.3 Å². The summed E-state index contributed by atoms with van der Waals surface area (Å²) in [6.07, 6.45) is 5.05. The molecule has 2 aromatic rings. The number of Topliss-reactive ketones (excluding diaryl/α,β-unsaturated/α-hetero) is 1. The molecule has 41 heavy (non-hydrogen) atoms. The summed E-state index contributed by atoms with van der Waals surface area (Å²) in [5.74, 6) is -4.38. The first-order valence-electron chi connectivity index (χ1n) is 13.9. The molecule has 8 nitrogen and oxygen atoms in total. The summed E-state index contributed by atoms with van der Waals surface area (Å²) in [4.78, 5) is 51.7. The molecule has 0 bridgehead atoms. The van der Waals surface area contributed by atoms with E-state index in [1.807, 2.05) is 27.7 Å². The summed E-state index contributed by atoms with van der Waals surface area (Å²) in [5, 5.41) is 5.24. The number of hydrogen-bond acceptors (Lipinski definition) is 5. The van der Waals surface area contributed by atoms with Gasteiger partial charge in [-0.15, -0.1) is 0 Å². The van der Waals surface area contributed by atoms with Crippen molar-refractivity contribution in [1.29, 1.82) is 0 Å². The number of benzene rings is 1. The largest absolute Gasteiger partial charge is 0.460 e. The SMILES string of the molecule is CC1(NC(=O)C(=O)c2c(Cl)c(C(=O)Nc3ccc(F)c(F)c3)c3n2CCC3)CCC(CCC(=O)OC(C)(C)C)CC1. The van der Waals surface area contributed by atoms with Crippen molar-refractivity contribution in [3.8, 4) is 0 Å². The molecule has 2 heterocycles. The second kappa shape index (κ2) is 11.9. The van der Waals surface area contributed by atoms with Gasteiger partial charge in [-0.2, -0.15) is 0 Å². The van der Waals surface area contributed by atoms with Crippen LogP contribution < -0.4 is 10.6 Å². The van der Waals surface area contributed by atoms with Gasteiger partial charge in [0, 0.05) is 36.0 Å². The summed E-state index contributed by atoms with van der Waals surface area (Å²) in [7, 11) is 0. The van der Waals surface area contributed by atoms with Crippen LogP contribution in [0.5, 0.6) is 0 Å². The molecule has 1 aliphatic carbocycles. The number of aromatic nitrogens is 1. The number of fused-ring (bicyclic) bond motifs is 1. The van der Waals surface area contributed by atoms with E-state index >= 15 is 0 Å². The Morgan fingerprint density at radius 3 is 2.44 bits per heavy atom. The molecule has 1 aliphatic heterocycles. The number of esters is 1. The molecule has 11 heteroatoms. The Bertz CT molecular complexity index is 1370. The minimum absolute atomic E-state index is 0.0307. The normalized spacial score (nSPS) is 20.3. The van der Waals surface area contributed by atoms with Crippen molar-refractivity contribution in [1.82, 2.24) is 9.88 Å². The number of carbonyl (C=O) groups excluding carboxylic acids is 4. The number of ketones is 1. The third-order valence-electron chi connectivity index (χ3n) is 7.73. The van der Waals surface area contributed by atoms with Crippen LogP contribution in [0.4, 0.5) is 14.5 Å². The Balaban J connectivity index is 1.41. The van der Waals surface area contributed by atoms with Crippen LogP contribution in [-0.2, 0) is 27.3 Å². The monoisotopic (exact) mass is 591 g/mol. The summed E-state index contributed by atoms with van der Waals surface area (Å²) in [6.45, 7) is 7.82. The molecule has 0 spiro atoms. The predicted octanol–water partition coefficient (Wildman–Crippen LogP) is 5.99. The zero-order chi connectivity index (χ0) is 30.1. The van der Waals surface area contributed by atoms with Crippen LogP contribution >= 0.6 is 11.6 Å². The van der Waals surface area contributed by atoms with Crippen LogP contribution in [-0.4, -0.2) is 39.3 Å². The number of amides is 2. The molecule has 0 atom stereocenters. The van der Waals surface area contributed by atoms with Gasteiger partial charge in [-0.25, -0.2) is 8.78 Å². The molecule has 1 aromatic heterocycles. The zero-order valence-electron chi connectivity index (χ0n) is 23.8. The van der Waals surface area contributed by atoms with E-state index in [1.54, 1.807) is 4.57 Å². The first-order valence-corrected chi connectivity index (χ1v) is 14.3. The molecule has 222 valence electrons. The summed E-state index contributed by atoms with van der Waals surface area (Å²) in [5.41, 5.74) is -0.585. The average molecular weight is 592 g/mol. The number of nitrogens with zero attached hydrogens (tertiary/aromatic N) is 1. The van der Waals surface area contributed by atoms with Crippen LogP contribution in [0, 0.1) is 17.6 Å². The van der Waals surface area contributed by atoms with E-state index in [9.17, 15) is 28.0 Å². The van der Waals surface area contributed by atoms with Crippen molar-refractivity contribution in [3.05, 3.63) is 51.8 Å².